The maximum absolute atomic E-state index is 14.0. The van der Waals surface area contributed by atoms with Crippen molar-refractivity contribution < 1.29 is 23.7 Å². The predicted octanol–water partition coefficient (Wildman–Crippen LogP) is 5.75. The zero-order valence-electron chi connectivity index (χ0n) is 25.2. The molecular formula is C34H33ClN2O6S. The van der Waals surface area contributed by atoms with Crippen LogP contribution in [0.15, 0.2) is 81.7 Å². The van der Waals surface area contributed by atoms with Gasteiger partial charge in [0.1, 0.15) is 12.4 Å². The summed E-state index contributed by atoms with van der Waals surface area (Å²) in [6.07, 6.45) is 1.80. The summed E-state index contributed by atoms with van der Waals surface area (Å²) in [4.78, 5) is 32.4. The van der Waals surface area contributed by atoms with Crippen molar-refractivity contribution in [2.24, 2.45) is 4.99 Å². The van der Waals surface area contributed by atoms with Crippen molar-refractivity contribution in [2.75, 3.05) is 20.3 Å². The number of methoxy groups -OCH3 is 1. The van der Waals surface area contributed by atoms with Crippen LogP contribution in [0.2, 0.25) is 5.02 Å². The molecule has 0 fully saturated rings. The number of rotatable bonds is 10. The van der Waals surface area contributed by atoms with Crippen LogP contribution in [0.4, 0.5) is 0 Å². The van der Waals surface area contributed by atoms with Crippen LogP contribution in [0.3, 0.4) is 0 Å². The number of nitrogens with zero attached hydrogens (tertiary/aromatic N) is 2. The standard InChI is InChI=1S/C34H33ClN2O6S/c1-6-41-28-16-23(11-15-26(28)43-19-22-9-13-25(35)14-10-22)17-29-32(38)37-31(24-12-8-20(3)27(18-24)40-5)30(33(39)42-7-2)21(4)36-34(37)44-29/h8-18,31H,6-7,19H2,1-5H3/t31-/m1/s1. The Morgan fingerprint density at radius 3 is 2.45 bits per heavy atom. The Kier molecular flexibility index (Phi) is 9.56. The molecular weight excluding hydrogens is 600 g/mol. The summed E-state index contributed by atoms with van der Waals surface area (Å²) >= 11 is 7.26. The Hall–Kier alpha value is -4.34. The molecule has 10 heteroatoms. The second kappa shape index (κ2) is 13.5. The Morgan fingerprint density at radius 1 is 0.977 bits per heavy atom. The molecule has 0 unspecified atom stereocenters. The molecule has 228 valence electrons. The number of aromatic nitrogens is 1. The molecule has 3 aromatic carbocycles. The lowest BCUT2D eigenvalue weighted by atomic mass is 9.95. The molecule has 0 aliphatic carbocycles. The van der Waals surface area contributed by atoms with Gasteiger partial charge in [-0.2, -0.15) is 0 Å². The highest BCUT2D eigenvalue weighted by Gasteiger charge is 2.33. The highest BCUT2D eigenvalue weighted by molar-refractivity contribution is 7.07. The predicted molar refractivity (Wildman–Crippen MR) is 172 cm³/mol. The molecule has 0 spiro atoms. The zero-order chi connectivity index (χ0) is 31.4. The SMILES string of the molecule is CCOC(=O)C1=C(C)N=c2sc(=Cc3ccc(OCc4ccc(Cl)cc4)c(OCC)c3)c(=O)n2[C@@H]1c1ccc(C)c(OC)c1. The van der Waals surface area contributed by atoms with E-state index in [1.807, 2.05) is 74.5 Å². The van der Waals surface area contributed by atoms with Crippen LogP contribution in [-0.2, 0) is 16.1 Å². The van der Waals surface area contributed by atoms with Gasteiger partial charge in [-0.05, 0) is 86.4 Å². The third kappa shape index (κ3) is 6.44. The number of fused-ring (bicyclic) bond motifs is 1. The van der Waals surface area contributed by atoms with E-state index in [9.17, 15) is 9.59 Å². The number of carbonyl (C=O) groups excluding carboxylic acids is 1. The number of halogens is 1. The number of thiazole rings is 1. The maximum Gasteiger partial charge on any atom is 0.338 e. The van der Waals surface area contributed by atoms with Gasteiger partial charge in [-0.1, -0.05) is 53.3 Å². The molecule has 5 rings (SSSR count). The van der Waals surface area contributed by atoms with E-state index in [1.165, 1.54) is 11.3 Å². The largest absolute Gasteiger partial charge is 0.496 e. The molecule has 1 aromatic heterocycles. The lowest BCUT2D eigenvalue weighted by Crippen LogP contribution is -2.40. The number of hydrogen-bond acceptors (Lipinski definition) is 8. The third-order valence-electron chi connectivity index (χ3n) is 7.14. The van der Waals surface area contributed by atoms with E-state index in [0.717, 1.165) is 22.3 Å². The van der Waals surface area contributed by atoms with Crippen molar-refractivity contribution in [3.63, 3.8) is 0 Å². The Bertz CT molecular complexity index is 1910. The smallest absolute Gasteiger partial charge is 0.338 e. The number of ether oxygens (including phenoxy) is 4. The molecule has 1 aliphatic rings. The number of esters is 1. The fraction of sp³-hybridized carbons (Fsp3) is 0.265. The zero-order valence-corrected chi connectivity index (χ0v) is 26.8. The molecule has 0 radical (unpaired) electrons. The Balaban J connectivity index is 1.57. The number of carbonyl (C=O) groups is 1. The summed E-state index contributed by atoms with van der Waals surface area (Å²) in [5, 5.41) is 0.663. The molecule has 0 amide bonds. The molecule has 0 saturated carbocycles. The lowest BCUT2D eigenvalue weighted by molar-refractivity contribution is -0.139. The minimum absolute atomic E-state index is 0.200. The number of hydrogen-bond donors (Lipinski definition) is 0. The van der Waals surface area contributed by atoms with Crippen molar-refractivity contribution in [3.8, 4) is 17.2 Å². The molecule has 2 heterocycles. The molecule has 0 bridgehead atoms. The van der Waals surface area contributed by atoms with Gasteiger partial charge >= 0.3 is 5.97 Å². The third-order valence-corrected chi connectivity index (χ3v) is 8.37. The van der Waals surface area contributed by atoms with Gasteiger partial charge in [-0.3, -0.25) is 9.36 Å². The van der Waals surface area contributed by atoms with Crippen molar-refractivity contribution in [1.82, 2.24) is 4.57 Å². The van der Waals surface area contributed by atoms with E-state index < -0.39 is 12.0 Å². The van der Waals surface area contributed by atoms with Crippen molar-refractivity contribution in [3.05, 3.63) is 119 Å². The van der Waals surface area contributed by atoms with Crippen LogP contribution >= 0.6 is 22.9 Å². The van der Waals surface area contributed by atoms with Gasteiger partial charge < -0.3 is 18.9 Å². The number of benzene rings is 3. The molecule has 0 N–H and O–H groups in total. The summed E-state index contributed by atoms with van der Waals surface area (Å²) < 4.78 is 24.9. The average Bonchev–Trinajstić information content (AvgIpc) is 3.31. The lowest BCUT2D eigenvalue weighted by Gasteiger charge is -2.25. The van der Waals surface area contributed by atoms with Gasteiger partial charge in [0.15, 0.2) is 16.3 Å². The maximum atomic E-state index is 14.0. The molecule has 8 nitrogen and oxygen atoms in total. The van der Waals surface area contributed by atoms with Crippen LogP contribution in [-0.4, -0.2) is 30.9 Å². The number of aryl methyl sites for hydroxylation is 1. The monoisotopic (exact) mass is 632 g/mol. The van der Waals surface area contributed by atoms with Crippen molar-refractivity contribution in [2.45, 2.75) is 40.3 Å². The summed E-state index contributed by atoms with van der Waals surface area (Å²) in [6, 6.07) is 17.9. The summed E-state index contributed by atoms with van der Waals surface area (Å²) in [5.41, 5.74) is 3.94. The van der Waals surface area contributed by atoms with Gasteiger partial charge in [-0.15, -0.1) is 0 Å². The minimum atomic E-state index is -0.732. The van der Waals surface area contributed by atoms with E-state index in [2.05, 4.69) is 4.99 Å². The summed E-state index contributed by atoms with van der Waals surface area (Å²) in [5.74, 6) is 1.30. The van der Waals surface area contributed by atoms with Crippen LogP contribution < -0.4 is 29.1 Å². The van der Waals surface area contributed by atoms with Gasteiger partial charge in [0, 0.05) is 5.02 Å². The Morgan fingerprint density at radius 2 is 1.75 bits per heavy atom. The Labute approximate surface area is 264 Å². The molecule has 1 atom stereocenters. The average molecular weight is 633 g/mol. The first-order valence-corrected chi connectivity index (χ1v) is 15.4. The van der Waals surface area contributed by atoms with E-state index in [4.69, 9.17) is 30.5 Å². The second-order valence-electron chi connectivity index (χ2n) is 10.1. The molecule has 4 aromatic rings. The highest BCUT2D eigenvalue weighted by atomic mass is 35.5. The second-order valence-corrected chi connectivity index (χ2v) is 11.5. The van der Waals surface area contributed by atoms with Crippen LogP contribution in [0, 0.1) is 6.92 Å². The van der Waals surface area contributed by atoms with E-state index >= 15 is 0 Å². The van der Waals surface area contributed by atoms with Gasteiger partial charge in [-0.25, -0.2) is 9.79 Å². The van der Waals surface area contributed by atoms with Gasteiger partial charge in [0.2, 0.25) is 0 Å². The molecule has 1 aliphatic heterocycles. The van der Waals surface area contributed by atoms with Crippen molar-refractivity contribution in [1.29, 1.82) is 0 Å². The molecule has 0 saturated heterocycles. The van der Waals surface area contributed by atoms with Gasteiger partial charge in [0.25, 0.3) is 5.56 Å². The van der Waals surface area contributed by atoms with E-state index in [0.29, 0.717) is 56.1 Å². The van der Waals surface area contributed by atoms with Gasteiger partial charge in [0.05, 0.1) is 42.2 Å². The van der Waals surface area contributed by atoms with E-state index in [-0.39, 0.29) is 12.2 Å². The quantitative estimate of drug-likeness (QED) is 0.207. The van der Waals surface area contributed by atoms with E-state index in [1.54, 1.807) is 31.6 Å². The fourth-order valence-electron chi connectivity index (χ4n) is 5.01. The topological polar surface area (TPSA) is 88.4 Å². The summed E-state index contributed by atoms with van der Waals surface area (Å²) in [6.45, 7) is 8.34. The van der Waals surface area contributed by atoms with Crippen LogP contribution in [0.1, 0.15) is 49.1 Å². The normalized spacial score (nSPS) is 14.6. The van der Waals surface area contributed by atoms with Crippen molar-refractivity contribution >= 4 is 35.0 Å². The van der Waals surface area contributed by atoms with Crippen LogP contribution in [0.5, 0.6) is 17.2 Å². The number of allylic oxidation sites excluding steroid dienone is 1. The van der Waals surface area contributed by atoms with Crippen LogP contribution in [0.25, 0.3) is 6.08 Å². The molecule has 44 heavy (non-hydrogen) atoms. The minimum Gasteiger partial charge on any atom is -0.496 e. The summed E-state index contributed by atoms with van der Waals surface area (Å²) in [7, 11) is 1.59. The fourth-order valence-corrected chi connectivity index (χ4v) is 6.18. The first-order chi connectivity index (χ1) is 21.2. The first kappa shape index (κ1) is 31.1. The highest BCUT2D eigenvalue weighted by Crippen LogP contribution is 2.34. The first-order valence-electron chi connectivity index (χ1n) is 14.2.